The summed E-state index contributed by atoms with van der Waals surface area (Å²) < 4.78 is 0. The zero-order valence-electron chi connectivity index (χ0n) is 12.6. The quantitative estimate of drug-likeness (QED) is 0.843. The van der Waals surface area contributed by atoms with Crippen molar-refractivity contribution in [1.29, 1.82) is 0 Å². The molecular formula is C14H22N6O2. The Morgan fingerprint density at radius 1 is 1.27 bits per heavy atom. The number of hydrogen-bond donors (Lipinski definition) is 2. The van der Waals surface area contributed by atoms with Crippen molar-refractivity contribution in [3.8, 4) is 0 Å². The number of piperidine rings is 1. The number of hydrogen-bond acceptors (Lipinski definition) is 5. The van der Waals surface area contributed by atoms with Crippen LogP contribution in [0.4, 0.5) is 4.79 Å². The van der Waals surface area contributed by atoms with E-state index >= 15 is 0 Å². The molecule has 3 aliphatic rings. The van der Waals surface area contributed by atoms with Crippen LogP contribution in [-0.2, 0) is 0 Å². The first kappa shape index (κ1) is 13.9. The molecule has 0 aromatic carbocycles. The van der Waals surface area contributed by atoms with Crippen LogP contribution < -0.4 is 0 Å². The molecule has 0 atom stereocenters. The van der Waals surface area contributed by atoms with Gasteiger partial charge in [-0.2, -0.15) is 5.21 Å². The zero-order valence-corrected chi connectivity index (χ0v) is 12.6. The SMILES string of the molecule is O=C(O)N1CCC2(CC(N3CCC(c4nn[nH]n4)CC3)C2)C1. The van der Waals surface area contributed by atoms with Gasteiger partial charge in [0.05, 0.1) is 0 Å². The average Bonchev–Trinajstić information content (AvgIpc) is 3.15. The van der Waals surface area contributed by atoms with E-state index in [1.807, 2.05) is 0 Å². The van der Waals surface area contributed by atoms with Crippen molar-refractivity contribution in [3.05, 3.63) is 5.82 Å². The fraction of sp³-hybridized carbons (Fsp3) is 0.857. The van der Waals surface area contributed by atoms with Crippen LogP contribution >= 0.6 is 0 Å². The van der Waals surface area contributed by atoms with Gasteiger partial charge in [0.1, 0.15) is 0 Å². The minimum absolute atomic E-state index is 0.271. The van der Waals surface area contributed by atoms with Crippen molar-refractivity contribution < 1.29 is 9.90 Å². The highest BCUT2D eigenvalue weighted by Gasteiger charge is 2.51. The van der Waals surface area contributed by atoms with E-state index in [1.165, 1.54) is 0 Å². The van der Waals surface area contributed by atoms with Crippen LogP contribution in [0.2, 0.25) is 0 Å². The Kier molecular flexibility index (Phi) is 3.28. The lowest BCUT2D eigenvalue weighted by atomic mass is 9.64. The predicted molar refractivity (Wildman–Crippen MR) is 77.4 cm³/mol. The molecule has 1 aliphatic carbocycles. The van der Waals surface area contributed by atoms with Gasteiger partial charge in [0, 0.05) is 25.0 Å². The van der Waals surface area contributed by atoms with Gasteiger partial charge >= 0.3 is 6.09 Å². The Hall–Kier alpha value is -1.70. The largest absolute Gasteiger partial charge is 0.465 e. The van der Waals surface area contributed by atoms with Gasteiger partial charge in [0.25, 0.3) is 0 Å². The van der Waals surface area contributed by atoms with Gasteiger partial charge < -0.3 is 14.9 Å². The smallest absolute Gasteiger partial charge is 0.407 e. The summed E-state index contributed by atoms with van der Waals surface area (Å²) in [5.74, 6) is 1.27. The molecule has 8 heteroatoms. The number of nitrogens with one attached hydrogen (secondary N) is 1. The first-order valence-corrected chi connectivity index (χ1v) is 8.10. The summed E-state index contributed by atoms with van der Waals surface area (Å²) in [6, 6.07) is 0.639. The zero-order chi connectivity index (χ0) is 15.2. The maximum absolute atomic E-state index is 11.1. The first-order chi connectivity index (χ1) is 10.7. The van der Waals surface area contributed by atoms with E-state index in [9.17, 15) is 4.79 Å². The molecular weight excluding hydrogens is 284 g/mol. The molecule has 3 heterocycles. The molecule has 0 bridgehead atoms. The highest BCUT2D eigenvalue weighted by molar-refractivity contribution is 5.65. The van der Waals surface area contributed by atoms with Crippen LogP contribution in [0.25, 0.3) is 0 Å². The summed E-state index contributed by atoms with van der Waals surface area (Å²) in [6.45, 7) is 3.62. The molecule has 22 heavy (non-hydrogen) atoms. The van der Waals surface area contributed by atoms with Crippen LogP contribution in [0.1, 0.15) is 43.8 Å². The Morgan fingerprint density at radius 3 is 2.64 bits per heavy atom. The van der Waals surface area contributed by atoms with Gasteiger partial charge in [-0.1, -0.05) is 5.21 Å². The maximum atomic E-state index is 11.1. The average molecular weight is 306 g/mol. The molecule has 2 saturated heterocycles. The molecule has 0 radical (unpaired) electrons. The number of nitrogens with zero attached hydrogens (tertiary/aromatic N) is 5. The molecule has 8 nitrogen and oxygen atoms in total. The molecule has 1 spiro atoms. The second-order valence-corrected chi connectivity index (χ2v) is 7.10. The number of aromatic nitrogens is 4. The summed E-state index contributed by atoms with van der Waals surface area (Å²) in [4.78, 5) is 15.2. The fourth-order valence-corrected chi connectivity index (χ4v) is 4.49. The van der Waals surface area contributed by atoms with Gasteiger partial charge in [-0.05, 0) is 50.6 Å². The van der Waals surface area contributed by atoms with Gasteiger partial charge in [0.2, 0.25) is 0 Å². The number of amides is 1. The molecule has 1 aromatic heterocycles. The molecule has 2 aliphatic heterocycles. The monoisotopic (exact) mass is 306 g/mol. The summed E-state index contributed by atoms with van der Waals surface area (Å²) in [6.07, 6.45) is 4.76. The van der Waals surface area contributed by atoms with Crippen LogP contribution in [0, 0.1) is 5.41 Å². The van der Waals surface area contributed by atoms with Gasteiger partial charge in [-0.3, -0.25) is 0 Å². The third-order valence-corrected chi connectivity index (χ3v) is 5.82. The third-order valence-electron chi connectivity index (χ3n) is 5.82. The number of tetrazole rings is 1. The normalized spacial score (nSPS) is 33.3. The second-order valence-electron chi connectivity index (χ2n) is 7.10. The minimum atomic E-state index is -0.763. The van der Waals surface area contributed by atoms with E-state index in [0.29, 0.717) is 18.5 Å². The van der Waals surface area contributed by atoms with E-state index in [0.717, 1.165) is 57.6 Å². The van der Waals surface area contributed by atoms with Crippen molar-refractivity contribution in [2.45, 2.75) is 44.1 Å². The van der Waals surface area contributed by atoms with Gasteiger partial charge in [0.15, 0.2) is 5.82 Å². The minimum Gasteiger partial charge on any atom is -0.465 e. The van der Waals surface area contributed by atoms with Crippen LogP contribution in [-0.4, -0.2) is 73.8 Å². The molecule has 3 fully saturated rings. The Morgan fingerprint density at radius 2 is 2.05 bits per heavy atom. The van der Waals surface area contributed by atoms with Gasteiger partial charge in [-0.15, -0.1) is 10.2 Å². The predicted octanol–water partition coefficient (Wildman–Crippen LogP) is 0.912. The molecule has 2 N–H and O–H groups in total. The Labute approximate surface area is 128 Å². The number of rotatable bonds is 2. The third kappa shape index (κ3) is 2.35. The summed E-state index contributed by atoms with van der Waals surface area (Å²) >= 11 is 0. The Bertz CT molecular complexity index is 534. The van der Waals surface area contributed by atoms with E-state index in [4.69, 9.17) is 5.11 Å². The number of carboxylic acid groups (broad SMARTS) is 1. The molecule has 120 valence electrons. The summed E-state index contributed by atoms with van der Waals surface area (Å²) in [5.41, 5.74) is 0.271. The maximum Gasteiger partial charge on any atom is 0.407 e. The number of carbonyl (C=O) groups is 1. The van der Waals surface area contributed by atoms with Crippen LogP contribution in [0.3, 0.4) is 0 Å². The topological polar surface area (TPSA) is 98.2 Å². The van der Waals surface area contributed by atoms with E-state index in [1.54, 1.807) is 4.90 Å². The summed E-state index contributed by atoms with van der Waals surface area (Å²) in [5, 5.41) is 23.5. The van der Waals surface area contributed by atoms with E-state index < -0.39 is 6.09 Å². The number of aromatic amines is 1. The fourth-order valence-electron chi connectivity index (χ4n) is 4.49. The lowest BCUT2D eigenvalue weighted by Gasteiger charge is -2.51. The first-order valence-electron chi connectivity index (χ1n) is 8.10. The van der Waals surface area contributed by atoms with Crippen LogP contribution in [0.15, 0.2) is 0 Å². The van der Waals surface area contributed by atoms with Gasteiger partial charge in [-0.25, -0.2) is 4.79 Å². The molecule has 1 aromatic rings. The van der Waals surface area contributed by atoms with E-state index in [-0.39, 0.29) is 5.41 Å². The molecule has 0 unspecified atom stereocenters. The number of likely N-dealkylation sites (tertiary alicyclic amines) is 2. The van der Waals surface area contributed by atoms with Crippen molar-refractivity contribution in [1.82, 2.24) is 30.4 Å². The van der Waals surface area contributed by atoms with Crippen LogP contribution in [0.5, 0.6) is 0 Å². The highest BCUT2D eigenvalue weighted by atomic mass is 16.4. The van der Waals surface area contributed by atoms with Crippen molar-refractivity contribution >= 4 is 6.09 Å². The highest BCUT2D eigenvalue weighted by Crippen LogP contribution is 2.50. The molecule has 1 saturated carbocycles. The van der Waals surface area contributed by atoms with Crippen molar-refractivity contribution in [3.63, 3.8) is 0 Å². The lowest BCUT2D eigenvalue weighted by Crippen LogP contribution is -2.54. The van der Waals surface area contributed by atoms with Crippen molar-refractivity contribution in [2.24, 2.45) is 5.41 Å². The molecule has 1 amide bonds. The lowest BCUT2D eigenvalue weighted by molar-refractivity contribution is -0.00420. The summed E-state index contributed by atoms with van der Waals surface area (Å²) in [7, 11) is 0. The second kappa shape index (κ2) is 5.19. The molecule has 4 rings (SSSR count). The van der Waals surface area contributed by atoms with Crippen molar-refractivity contribution in [2.75, 3.05) is 26.2 Å². The number of H-pyrrole nitrogens is 1. The van der Waals surface area contributed by atoms with E-state index in [2.05, 4.69) is 25.5 Å². The Balaban J connectivity index is 1.27. The standard InChI is InChI=1S/C14H22N6O2/c21-13(22)20-6-3-14(9-20)7-11(8-14)19-4-1-10(2-5-19)12-15-17-18-16-12/h10-11H,1-9H2,(H,21,22)(H,15,16,17,18).